The van der Waals surface area contributed by atoms with Gasteiger partial charge in [0, 0.05) is 30.5 Å². The Morgan fingerprint density at radius 3 is 2.35 bits per heavy atom. The Labute approximate surface area is 123 Å². The molecule has 0 aliphatic heterocycles. The first-order chi connectivity index (χ1) is 9.32. The van der Waals surface area contributed by atoms with Crippen LogP contribution < -0.4 is 5.32 Å². The van der Waals surface area contributed by atoms with Crippen LogP contribution in [0.15, 0.2) is 0 Å². The maximum Gasteiger partial charge on any atom is 0.0739 e. The zero-order valence-corrected chi connectivity index (χ0v) is 14.2. The summed E-state index contributed by atoms with van der Waals surface area (Å²) in [7, 11) is 1.75. The van der Waals surface area contributed by atoms with Crippen LogP contribution in [0.25, 0.3) is 0 Å². The maximum atomic E-state index is 5.37. The van der Waals surface area contributed by atoms with Crippen LogP contribution in [0.3, 0.4) is 0 Å². The van der Waals surface area contributed by atoms with Crippen LogP contribution in [-0.2, 0) is 30.7 Å². The fourth-order valence-electron chi connectivity index (χ4n) is 2.30. The molecule has 0 fully saturated rings. The first kappa shape index (κ1) is 17.2. The first-order valence-electron chi connectivity index (χ1n) is 7.67. The van der Waals surface area contributed by atoms with E-state index < -0.39 is 0 Å². The van der Waals surface area contributed by atoms with Gasteiger partial charge in [-0.15, -0.1) is 0 Å². The summed E-state index contributed by atoms with van der Waals surface area (Å²) in [6.07, 6.45) is 2.17. The second-order valence-corrected chi connectivity index (χ2v) is 6.41. The van der Waals surface area contributed by atoms with E-state index in [1.807, 2.05) is 0 Å². The second kappa shape index (κ2) is 7.23. The molecule has 1 rings (SSSR count). The molecule has 0 saturated carbocycles. The zero-order chi connectivity index (χ0) is 15.3. The fourth-order valence-corrected chi connectivity index (χ4v) is 2.30. The Kier molecular flexibility index (Phi) is 6.21. The lowest BCUT2D eigenvalue weighted by Crippen LogP contribution is -2.35. The molecule has 20 heavy (non-hydrogen) atoms. The van der Waals surface area contributed by atoms with Gasteiger partial charge in [-0.3, -0.25) is 4.68 Å². The van der Waals surface area contributed by atoms with E-state index in [1.54, 1.807) is 7.11 Å². The van der Waals surface area contributed by atoms with Gasteiger partial charge in [0.2, 0.25) is 0 Å². The van der Waals surface area contributed by atoms with Gasteiger partial charge in [-0.1, -0.05) is 13.8 Å². The molecule has 0 aromatic carbocycles. The highest BCUT2D eigenvalue weighted by atomic mass is 16.5. The van der Waals surface area contributed by atoms with Gasteiger partial charge >= 0.3 is 0 Å². The zero-order valence-electron chi connectivity index (χ0n) is 14.2. The minimum Gasteiger partial charge on any atom is -0.380 e. The van der Waals surface area contributed by atoms with Crippen LogP contribution in [0.2, 0.25) is 0 Å². The van der Waals surface area contributed by atoms with E-state index >= 15 is 0 Å². The topological polar surface area (TPSA) is 39.1 Å². The van der Waals surface area contributed by atoms with Gasteiger partial charge in [0.15, 0.2) is 0 Å². The third kappa shape index (κ3) is 4.60. The molecule has 0 aliphatic carbocycles. The molecule has 0 radical (unpaired) electrons. The summed E-state index contributed by atoms with van der Waals surface area (Å²) in [5, 5.41) is 8.37. The highest BCUT2D eigenvalue weighted by molar-refractivity contribution is 5.27. The third-order valence-electron chi connectivity index (χ3n) is 3.55. The Hall–Kier alpha value is -0.870. The van der Waals surface area contributed by atoms with E-state index in [1.165, 1.54) is 17.0 Å². The number of rotatable bonds is 7. The average molecular weight is 281 g/mol. The predicted octanol–water partition coefficient (Wildman–Crippen LogP) is 2.93. The highest BCUT2D eigenvalue weighted by Gasteiger charge is 2.18. The monoisotopic (exact) mass is 281 g/mol. The van der Waals surface area contributed by atoms with Crippen LogP contribution in [0, 0.1) is 0 Å². The highest BCUT2D eigenvalue weighted by Crippen LogP contribution is 2.18. The number of hydrogen-bond donors (Lipinski definition) is 1. The summed E-state index contributed by atoms with van der Waals surface area (Å²) in [6, 6.07) is 0. The van der Waals surface area contributed by atoms with E-state index in [0.717, 1.165) is 25.9 Å². The number of methoxy groups -OCH3 is 1. The van der Waals surface area contributed by atoms with Crippen molar-refractivity contribution in [1.29, 1.82) is 0 Å². The number of aromatic nitrogens is 2. The van der Waals surface area contributed by atoms with Crippen molar-refractivity contribution in [2.24, 2.45) is 0 Å². The van der Waals surface area contributed by atoms with Gasteiger partial charge < -0.3 is 10.1 Å². The molecule has 1 atom stereocenters. The van der Waals surface area contributed by atoms with E-state index in [0.29, 0.717) is 0 Å². The van der Waals surface area contributed by atoms with Crippen molar-refractivity contribution >= 4 is 0 Å². The predicted molar refractivity (Wildman–Crippen MR) is 84.0 cm³/mol. The Bertz CT molecular complexity index is 418. The van der Waals surface area contributed by atoms with Crippen LogP contribution in [0.5, 0.6) is 0 Å². The minimum absolute atomic E-state index is 0.123. The molecule has 0 spiro atoms. The smallest absolute Gasteiger partial charge is 0.0739 e. The third-order valence-corrected chi connectivity index (χ3v) is 3.55. The summed E-state index contributed by atoms with van der Waals surface area (Å²) < 4.78 is 7.51. The lowest BCUT2D eigenvalue weighted by molar-refractivity contribution is 0.0989. The van der Waals surface area contributed by atoms with Crippen LogP contribution in [-0.4, -0.2) is 28.5 Å². The Morgan fingerprint density at radius 1 is 1.25 bits per heavy atom. The number of nitrogens with one attached hydrogen (secondary N) is 1. The Balaban J connectivity index is 3.01. The summed E-state index contributed by atoms with van der Waals surface area (Å²) >= 11 is 0. The van der Waals surface area contributed by atoms with Crippen molar-refractivity contribution in [3.8, 4) is 0 Å². The van der Waals surface area contributed by atoms with Gasteiger partial charge in [0.1, 0.15) is 0 Å². The van der Waals surface area contributed by atoms with Crippen molar-refractivity contribution in [1.82, 2.24) is 15.1 Å². The SMILES string of the molecule is CCc1nn(CC(C)OC)c(CC)c1CNC(C)(C)C. The number of aryl methyl sites for hydroxylation is 1. The fraction of sp³-hybridized carbons (Fsp3) is 0.812. The number of ether oxygens (including phenoxy) is 1. The lowest BCUT2D eigenvalue weighted by Gasteiger charge is -2.21. The van der Waals surface area contributed by atoms with Crippen molar-refractivity contribution in [2.75, 3.05) is 7.11 Å². The molecule has 1 heterocycles. The summed E-state index contributed by atoms with van der Waals surface area (Å²) in [5.41, 5.74) is 4.04. The van der Waals surface area contributed by atoms with Gasteiger partial charge in [0.05, 0.1) is 18.3 Å². The molecule has 116 valence electrons. The van der Waals surface area contributed by atoms with Crippen LogP contribution in [0.4, 0.5) is 0 Å². The van der Waals surface area contributed by atoms with Crippen LogP contribution in [0.1, 0.15) is 58.5 Å². The molecule has 1 N–H and O–H groups in total. The molecule has 0 aliphatic rings. The number of nitrogens with zero attached hydrogens (tertiary/aromatic N) is 2. The minimum atomic E-state index is 0.123. The summed E-state index contributed by atoms with van der Waals surface area (Å²) in [4.78, 5) is 0. The molecule has 1 aromatic rings. The van der Waals surface area contributed by atoms with E-state index in [4.69, 9.17) is 9.84 Å². The van der Waals surface area contributed by atoms with Gasteiger partial charge in [-0.05, 0) is 40.5 Å². The number of hydrogen-bond acceptors (Lipinski definition) is 3. The van der Waals surface area contributed by atoms with Crippen molar-refractivity contribution in [3.63, 3.8) is 0 Å². The molecule has 0 saturated heterocycles. The molecule has 4 nitrogen and oxygen atoms in total. The maximum absolute atomic E-state index is 5.37. The lowest BCUT2D eigenvalue weighted by atomic mass is 10.1. The quantitative estimate of drug-likeness (QED) is 0.835. The van der Waals surface area contributed by atoms with Crippen molar-refractivity contribution in [3.05, 3.63) is 17.0 Å². The van der Waals surface area contributed by atoms with E-state index in [2.05, 4.69) is 51.5 Å². The van der Waals surface area contributed by atoms with E-state index in [9.17, 15) is 0 Å². The molecular weight excluding hydrogens is 250 g/mol. The first-order valence-corrected chi connectivity index (χ1v) is 7.67. The van der Waals surface area contributed by atoms with Gasteiger partial charge in [0.25, 0.3) is 0 Å². The largest absolute Gasteiger partial charge is 0.380 e. The molecule has 1 aromatic heterocycles. The summed E-state index contributed by atoms with van der Waals surface area (Å²) in [6.45, 7) is 14.8. The van der Waals surface area contributed by atoms with Crippen molar-refractivity contribution < 1.29 is 4.74 Å². The molecule has 4 heteroatoms. The standard InChI is InChI=1S/C16H31N3O/c1-8-14-13(10-17-16(4,5)6)15(9-2)19(18-14)11-12(3)20-7/h12,17H,8-11H2,1-7H3. The normalized spacial score (nSPS) is 13.8. The molecular formula is C16H31N3O. The van der Waals surface area contributed by atoms with Crippen molar-refractivity contribution in [2.45, 2.75) is 79.1 Å². The second-order valence-electron chi connectivity index (χ2n) is 6.41. The van der Waals surface area contributed by atoms with E-state index in [-0.39, 0.29) is 11.6 Å². The molecule has 1 unspecified atom stereocenters. The molecule has 0 amide bonds. The van der Waals surface area contributed by atoms with Crippen LogP contribution >= 0.6 is 0 Å². The molecule has 0 bridgehead atoms. The Morgan fingerprint density at radius 2 is 1.90 bits per heavy atom. The summed E-state index contributed by atoms with van der Waals surface area (Å²) in [5.74, 6) is 0. The average Bonchev–Trinajstić information content (AvgIpc) is 2.72. The van der Waals surface area contributed by atoms with Gasteiger partial charge in [-0.25, -0.2) is 0 Å². The van der Waals surface area contributed by atoms with Gasteiger partial charge in [-0.2, -0.15) is 5.10 Å².